The van der Waals surface area contributed by atoms with Crippen molar-refractivity contribution in [2.24, 2.45) is 0 Å². The molecule has 0 bridgehead atoms. The third kappa shape index (κ3) is 3.56. The molecule has 0 aromatic carbocycles. The van der Waals surface area contributed by atoms with Crippen molar-refractivity contribution < 1.29 is 14.7 Å². The molecule has 1 rings (SSSR count). The van der Waals surface area contributed by atoms with E-state index in [1.165, 1.54) is 4.90 Å². The number of carboxylic acid groups (broad SMARTS) is 1. The van der Waals surface area contributed by atoms with Gasteiger partial charge in [0.2, 0.25) is 0 Å². The minimum atomic E-state index is -1.01. The maximum absolute atomic E-state index is 12.5. The van der Waals surface area contributed by atoms with Crippen molar-refractivity contribution in [3.8, 4) is 0 Å². The van der Waals surface area contributed by atoms with E-state index in [0.717, 1.165) is 0 Å². The van der Waals surface area contributed by atoms with E-state index in [-0.39, 0.29) is 18.4 Å². The quantitative estimate of drug-likeness (QED) is 0.822. The summed E-state index contributed by atoms with van der Waals surface area (Å²) in [6.45, 7) is 7.73. The van der Waals surface area contributed by atoms with Crippen molar-refractivity contribution in [2.75, 3.05) is 13.1 Å². The van der Waals surface area contributed by atoms with Crippen molar-refractivity contribution in [3.63, 3.8) is 0 Å². The van der Waals surface area contributed by atoms with Crippen molar-refractivity contribution >= 4 is 11.9 Å². The highest BCUT2D eigenvalue weighted by atomic mass is 16.4. The zero-order valence-electron chi connectivity index (χ0n) is 11.9. The van der Waals surface area contributed by atoms with E-state index in [1.54, 1.807) is 6.92 Å². The molecule has 19 heavy (non-hydrogen) atoms. The largest absolute Gasteiger partial charge is 0.480 e. The van der Waals surface area contributed by atoms with Crippen molar-refractivity contribution in [3.05, 3.63) is 17.0 Å². The maximum atomic E-state index is 12.5. The second kappa shape index (κ2) is 6.36. The minimum Gasteiger partial charge on any atom is -0.480 e. The molecule has 2 N–H and O–H groups in total. The van der Waals surface area contributed by atoms with Crippen LogP contribution >= 0.6 is 0 Å². The first-order valence-electron chi connectivity index (χ1n) is 6.44. The Morgan fingerprint density at radius 1 is 1.42 bits per heavy atom. The lowest BCUT2D eigenvalue weighted by atomic mass is 10.0. The van der Waals surface area contributed by atoms with Crippen LogP contribution in [0.15, 0.2) is 0 Å². The number of aliphatic carboxylic acids is 1. The van der Waals surface area contributed by atoms with Crippen LogP contribution in [0.5, 0.6) is 0 Å². The molecule has 0 saturated heterocycles. The van der Waals surface area contributed by atoms with Crippen LogP contribution in [-0.4, -0.2) is 45.2 Å². The fraction of sp³-hybridized carbons (Fsp3) is 0.615. The summed E-state index contributed by atoms with van der Waals surface area (Å²) < 4.78 is 0. The number of aromatic nitrogens is 2. The first kappa shape index (κ1) is 15.2. The number of nitrogens with one attached hydrogen (secondary N) is 1. The predicted molar refractivity (Wildman–Crippen MR) is 71.2 cm³/mol. The summed E-state index contributed by atoms with van der Waals surface area (Å²) in [5, 5.41) is 15.8. The number of rotatable bonds is 6. The van der Waals surface area contributed by atoms with Crippen LogP contribution in [0, 0.1) is 6.92 Å². The summed E-state index contributed by atoms with van der Waals surface area (Å²) in [5.41, 5.74) is 1.87. The number of aryl methyl sites for hydroxylation is 1. The van der Waals surface area contributed by atoms with E-state index in [4.69, 9.17) is 5.11 Å². The zero-order chi connectivity index (χ0) is 14.6. The van der Waals surface area contributed by atoms with Gasteiger partial charge in [-0.05, 0) is 19.3 Å². The molecule has 106 valence electrons. The Morgan fingerprint density at radius 3 is 2.53 bits per heavy atom. The second-order valence-corrected chi connectivity index (χ2v) is 4.88. The van der Waals surface area contributed by atoms with Crippen molar-refractivity contribution in [2.45, 2.75) is 40.0 Å². The lowest BCUT2D eigenvalue weighted by Gasteiger charge is -2.20. The lowest BCUT2D eigenvalue weighted by Crippen LogP contribution is -2.37. The average molecular weight is 267 g/mol. The Morgan fingerprint density at radius 2 is 2.05 bits per heavy atom. The highest BCUT2D eigenvalue weighted by Gasteiger charge is 2.25. The fourth-order valence-corrected chi connectivity index (χ4v) is 1.98. The van der Waals surface area contributed by atoms with Crippen LogP contribution in [0.3, 0.4) is 0 Å². The molecule has 6 heteroatoms. The molecule has 0 aliphatic heterocycles. The van der Waals surface area contributed by atoms with Gasteiger partial charge in [0.1, 0.15) is 6.54 Å². The van der Waals surface area contributed by atoms with Gasteiger partial charge in [0.25, 0.3) is 5.91 Å². The van der Waals surface area contributed by atoms with Crippen LogP contribution in [0.2, 0.25) is 0 Å². The monoisotopic (exact) mass is 267 g/mol. The molecule has 1 aromatic rings. The van der Waals surface area contributed by atoms with Gasteiger partial charge in [-0.15, -0.1) is 0 Å². The van der Waals surface area contributed by atoms with E-state index < -0.39 is 5.97 Å². The first-order valence-corrected chi connectivity index (χ1v) is 6.44. The minimum absolute atomic E-state index is 0.109. The summed E-state index contributed by atoms with van der Waals surface area (Å²) >= 11 is 0. The molecule has 1 amide bonds. The number of carbonyl (C=O) groups is 2. The molecule has 0 atom stereocenters. The van der Waals surface area contributed by atoms with Gasteiger partial charge in [-0.25, -0.2) is 0 Å². The van der Waals surface area contributed by atoms with Gasteiger partial charge >= 0.3 is 5.97 Å². The van der Waals surface area contributed by atoms with E-state index >= 15 is 0 Å². The van der Waals surface area contributed by atoms with Crippen LogP contribution in [-0.2, 0) is 4.79 Å². The standard InChI is InChI=1S/C13H21N3O3/c1-5-6-16(7-10(17)18)13(19)11-9(4)14-15-12(11)8(2)3/h8H,5-7H2,1-4H3,(H,14,15)(H,17,18). The van der Waals surface area contributed by atoms with E-state index in [2.05, 4.69) is 10.2 Å². The highest BCUT2D eigenvalue weighted by Crippen LogP contribution is 2.21. The van der Waals surface area contributed by atoms with Crippen molar-refractivity contribution in [1.29, 1.82) is 0 Å². The van der Waals surface area contributed by atoms with Gasteiger partial charge in [0.15, 0.2) is 0 Å². The normalized spacial score (nSPS) is 10.8. The molecule has 0 radical (unpaired) electrons. The third-order valence-corrected chi connectivity index (χ3v) is 2.84. The Labute approximate surface area is 112 Å². The van der Waals surface area contributed by atoms with Gasteiger partial charge in [-0.1, -0.05) is 20.8 Å². The molecular weight excluding hydrogens is 246 g/mol. The number of hydrogen-bond acceptors (Lipinski definition) is 3. The van der Waals surface area contributed by atoms with E-state index in [1.807, 2.05) is 20.8 Å². The lowest BCUT2D eigenvalue weighted by molar-refractivity contribution is -0.137. The topological polar surface area (TPSA) is 86.3 Å². The summed E-state index contributed by atoms with van der Waals surface area (Å²) in [6, 6.07) is 0. The number of carbonyl (C=O) groups excluding carboxylic acids is 1. The molecule has 0 aliphatic rings. The van der Waals surface area contributed by atoms with Gasteiger partial charge < -0.3 is 10.0 Å². The second-order valence-electron chi connectivity index (χ2n) is 4.88. The van der Waals surface area contributed by atoms with Crippen LogP contribution < -0.4 is 0 Å². The number of nitrogens with zero attached hydrogens (tertiary/aromatic N) is 2. The smallest absolute Gasteiger partial charge is 0.323 e. The van der Waals surface area contributed by atoms with Crippen molar-refractivity contribution in [1.82, 2.24) is 15.1 Å². The fourth-order valence-electron chi connectivity index (χ4n) is 1.98. The van der Waals surface area contributed by atoms with Gasteiger partial charge in [-0.3, -0.25) is 14.7 Å². The molecule has 0 saturated carbocycles. The maximum Gasteiger partial charge on any atom is 0.323 e. The molecule has 0 fully saturated rings. The molecule has 0 unspecified atom stereocenters. The Bertz CT molecular complexity index is 466. The number of carboxylic acids is 1. The Balaban J connectivity index is 3.08. The molecule has 1 heterocycles. The van der Waals surface area contributed by atoms with Crippen LogP contribution in [0.25, 0.3) is 0 Å². The number of aromatic amines is 1. The van der Waals surface area contributed by atoms with Crippen LogP contribution in [0.1, 0.15) is 54.9 Å². The summed E-state index contributed by atoms with van der Waals surface area (Å²) in [4.78, 5) is 24.7. The SMILES string of the molecule is CCCN(CC(=O)O)C(=O)c1c(C(C)C)n[nH]c1C. The van der Waals surface area contributed by atoms with E-state index in [0.29, 0.717) is 29.9 Å². The number of amides is 1. The predicted octanol–water partition coefficient (Wildman–Crippen LogP) is 1.78. The molecule has 0 aliphatic carbocycles. The zero-order valence-corrected chi connectivity index (χ0v) is 11.9. The van der Waals surface area contributed by atoms with Crippen LogP contribution in [0.4, 0.5) is 0 Å². The molecule has 1 aromatic heterocycles. The molecular formula is C13H21N3O3. The van der Waals surface area contributed by atoms with E-state index in [9.17, 15) is 9.59 Å². The summed E-state index contributed by atoms with van der Waals surface area (Å²) in [6.07, 6.45) is 0.715. The molecule has 6 nitrogen and oxygen atoms in total. The Kier molecular flexibility index (Phi) is 5.09. The summed E-state index contributed by atoms with van der Waals surface area (Å²) in [5.74, 6) is -1.16. The number of H-pyrrole nitrogens is 1. The summed E-state index contributed by atoms with van der Waals surface area (Å²) in [7, 11) is 0. The first-order chi connectivity index (χ1) is 8.88. The third-order valence-electron chi connectivity index (χ3n) is 2.84. The van der Waals surface area contributed by atoms with Gasteiger partial charge in [0, 0.05) is 12.2 Å². The average Bonchev–Trinajstić information content (AvgIpc) is 2.69. The highest BCUT2D eigenvalue weighted by molar-refractivity contribution is 5.98. The number of hydrogen-bond donors (Lipinski definition) is 2. The van der Waals surface area contributed by atoms with Gasteiger partial charge in [0.05, 0.1) is 11.3 Å². The van der Waals surface area contributed by atoms with Gasteiger partial charge in [-0.2, -0.15) is 5.10 Å². The Hall–Kier alpha value is -1.85. The molecule has 0 spiro atoms.